The number of anilines is 1. The van der Waals surface area contributed by atoms with Gasteiger partial charge < -0.3 is 9.64 Å². The van der Waals surface area contributed by atoms with Gasteiger partial charge in [0.05, 0.1) is 18.8 Å². The molecule has 4 rings (SSSR count). The summed E-state index contributed by atoms with van der Waals surface area (Å²) in [5.41, 5.74) is 2.74. The SMILES string of the molecule is Fc1ccc(C2CN(c3nccc(-c4cccnc4)n3)CCO2)cc1. The number of rotatable bonds is 3. The average molecular weight is 336 g/mol. The largest absolute Gasteiger partial charge is 0.370 e. The van der Waals surface area contributed by atoms with Crippen molar-refractivity contribution in [3.05, 3.63) is 72.4 Å². The molecule has 3 aromatic rings. The third-order valence-electron chi connectivity index (χ3n) is 4.19. The molecule has 1 aromatic carbocycles. The van der Waals surface area contributed by atoms with Gasteiger partial charge in [0, 0.05) is 30.7 Å². The highest BCUT2D eigenvalue weighted by Crippen LogP contribution is 2.25. The fourth-order valence-electron chi connectivity index (χ4n) is 2.89. The monoisotopic (exact) mass is 336 g/mol. The van der Waals surface area contributed by atoms with E-state index in [1.54, 1.807) is 30.7 Å². The second kappa shape index (κ2) is 6.94. The van der Waals surface area contributed by atoms with Gasteiger partial charge in [0.25, 0.3) is 0 Å². The quantitative estimate of drug-likeness (QED) is 0.735. The zero-order valence-corrected chi connectivity index (χ0v) is 13.5. The summed E-state index contributed by atoms with van der Waals surface area (Å²) < 4.78 is 19.0. The van der Waals surface area contributed by atoms with Crippen LogP contribution >= 0.6 is 0 Å². The van der Waals surface area contributed by atoms with Crippen molar-refractivity contribution in [1.29, 1.82) is 0 Å². The summed E-state index contributed by atoms with van der Waals surface area (Å²) in [7, 11) is 0. The van der Waals surface area contributed by atoms with E-state index in [0.29, 0.717) is 25.6 Å². The highest BCUT2D eigenvalue weighted by atomic mass is 19.1. The molecule has 0 saturated carbocycles. The van der Waals surface area contributed by atoms with E-state index in [1.807, 2.05) is 18.2 Å². The molecule has 1 saturated heterocycles. The van der Waals surface area contributed by atoms with Crippen LogP contribution in [0.3, 0.4) is 0 Å². The van der Waals surface area contributed by atoms with Crippen LogP contribution in [-0.4, -0.2) is 34.6 Å². The van der Waals surface area contributed by atoms with E-state index in [0.717, 1.165) is 16.8 Å². The summed E-state index contributed by atoms with van der Waals surface area (Å²) >= 11 is 0. The standard InChI is InChI=1S/C19H17FN4O/c20-16-5-3-14(4-6-16)18-13-24(10-11-25-18)19-22-9-7-17(23-19)15-2-1-8-21-12-15/h1-9,12,18H,10-11,13H2. The molecular formula is C19H17FN4O. The maximum atomic E-state index is 13.1. The maximum Gasteiger partial charge on any atom is 0.226 e. The first kappa shape index (κ1) is 15.7. The summed E-state index contributed by atoms with van der Waals surface area (Å²) in [6, 6.07) is 12.2. The predicted molar refractivity (Wildman–Crippen MR) is 92.6 cm³/mol. The van der Waals surface area contributed by atoms with Crippen molar-refractivity contribution in [2.24, 2.45) is 0 Å². The van der Waals surface area contributed by atoms with Crippen LogP contribution in [0.15, 0.2) is 61.1 Å². The zero-order chi connectivity index (χ0) is 17.1. The van der Waals surface area contributed by atoms with Gasteiger partial charge in [0.2, 0.25) is 5.95 Å². The first-order valence-corrected chi connectivity index (χ1v) is 8.15. The summed E-state index contributed by atoms with van der Waals surface area (Å²) in [5, 5.41) is 0. The molecule has 0 radical (unpaired) electrons. The average Bonchev–Trinajstić information content (AvgIpc) is 2.69. The fraction of sp³-hybridized carbons (Fsp3) is 0.211. The van der Waals surface area contributed by atoms with E-state index < -0.39 is 0 Å². The van der Waals surface area contributed by atoms with Crippen LogP contribution in [0.1, 0.15) is 11.7 Å². The molecule has 2 aromatic heterocycles. The Bertz CT molecular complexity index is 842. The summed E-state index contributed by atoms with van der Waals surface area (Å²) in [5.74, 6) is 0.417. The number of aromatic nitrogens is 3. The Hall–Kier alpha value is -2.86. The molecular weight excluding hydrogens is 319 g/mol. The molecule has 0 aliphatic carbocycles. The van der Waals surface area contributed by atoms with Crippen molar-refractivity contribution in [3.8, 4) is 11.3 Å². The van der Waals surface area contributed by atoms with Crippen LogP contribution in [0.2, 0.25) is 0 Å². The Labute approximate surface area is 145 Å². The first-order chi connectivity index (χ1) is 12.3. The molecule has 1 fully saturated rings. The third-order valence-corrected chi connectivity index (χ3v) is 4.19. The number of nitrogens with zero attached hydrogens (tertiary/aromatic N) is 4. The highest BCUT2D eigenvalue weighted by Gasteiger charge is 2.24. The van der Waals surface area contributed by atoms with Gasteiger partial charge in [0.15, 0.2) is 0 Å². The number of pyridine rings is 1. The van der Waals surface area contributed by atoms with Gasteiger partial charge in [-0.15, -0.1) is 0 Å². The summed E-state index contributed by atoms with van der Waals surface area (Å²) in [4.78, 5) is 15.3. The molecule has 126 valence electrons. The number of benzene rings is 1. The Morgan fingerprint density at radius 2 is 1.96 bits per heavy atom. The molecule has 0 spiro atoms. The van der Waals surface area contributed by atoms with E-state index in [9.17, 15) is 4.39 Å². The molecule has 6 heteroatoms. The van der Waals surface area contributed by atoms with E-state index in [2.05, 4.69) is 19.9 Å². The van der Waals surface area contributed by atoms with Crippen molar-refractivity contribution in [2.75, 3.05) is 24.6 Å². The minimum absolute atomic E-state index is 0.125. The van der Waals surface area contributed by atoms with Gasteiger partial charge in [-0.2, -0.15) is 0 Å². The van der Waals surface area contributed by atoms with Crippen molar-refractivity contribution < 1.29 is 9.13 Å². The smallest absolute Gasteiger partial charge is 0.226 e. The van der Waals surface area contributed by atoms with Crippen LogP contribution in [0, 0.1) is 5.82 Å². The van der Waals surface area contributed by atoms with Gasteiger partial charge in [-0.05, 0) is 35.9 Å². The van der Waals surface area contributed by atoms with Crippen LogP contribution in [0.4, 0.5) is 10.3 Å². The van der Waals surface area contributed by atoms with E-state index >= 15 is 0 Å². The molecule has 1 atom stereocenters. The molecule has 1 aliphatic heterocycles. The molecule has 0 bridgehead atoms. The number of morpholine rings is 1. The second-order valence-electron chi connectivity index (χ2n) is 5.84. The van der Waals surface area contributed by atoms with Crippen molar-refractivity contribution >= 4 is 5.95 Å². The molecule has 1 aliphatic rings. The van der Waals surface area contributed by atoms with Crippen molar-refractivity contribution in [2.45, 2.75) is 6.10 Å². The van der Waals surface area contributed by atoms with Gasteiger partial charge in [-0.25, -0.2) is 14.4 Å². The summed E-state index contributed by atoms with van der Waals surface area (Å²) in [6.45, 7) is 1.92. The van der Waals surface area contributed by atoms with E-state index in [1.165, 1.54) is 12.1 Å². The van der Waals surface area contributed by atoms with Crippen LogP contribution < -0.4 is 4.90 Å². The van der Waals surface area contributed by atoms with Crippen LogP contribution in [0.25, 0.3) is 11.3 Å². The lowest BCUT2D eigenvalue weighted by atomic mass is 10.1. The topological polar surface area (TPSA) is 51.1 Å². The highest BCUT2D eigenvalue weighted by molar-refractivity contribution is 5.58. The Morgan fingerprint density at radius 3 is 2.76 bits per heavy atom. The normalized spacial score (nSPS) is 17.5. The number of hydrogen-bond acceptors (Lipinski definition) is 5. The Morgan fingerprint density at radius 1 is 1.08 bits per heavy atom. The van der Waals surface area contributed by atoms with Crippen LogP contribution in [-0.2, 0) is 4.74 Å². The predicted octanol–water partition coefficient (Wildman–Crippen LogP) is 3.26. The lowest BCUT2D eigenvalue weighted by Gasteiger charge is -2.33. The lowest BCUT2D eigenvalue weighted by molar-refractivity contribution is 0.0392. The first-order valence-electron chi connectivity index (χ1n) is 8.15. The molecule has 3 heterocycles. The minimum Gasteiger partial charge on any atom is -0.370 e. The molecule has 0 amide bonds. The van der Waals surface area contributed by atoms with Crippen molar-refractivity contribution in [1.82, 2.24) is 15.0 Å². The molecule has 0 N–H and O–H groups in total. The third kappa shape index (κ3) is 3.49. The van der Waals surface area contributed by atoms with Gasteiger partial charge >= 0.3 is 0 Å². The van der Waals surface area contributed by atoms with Crippen LogP contribution in [0.5, 0.6) is 0 Å². The van der Waals surface area contributed by atoms with Gasteiger partial charge in [0.1, 0.15) is 11.9 Å². The number of hydrogen-bond donors (Lipinski definition) is 0. The Kier molecular flexibility index (Phi) is 4.35. The van der Waals surface area contributed by atoms with Crippen molar-refractivity contribution in [3.63, 3.8) is 0 Å². The lowest BCUT2D eigenvalue weighted by Crippen LogP contribution is -2.39. The van der Waals surface area contributed by atoms with E-state index in [-0.39, 0.29) is 11.9 Å². The second-order valence-corrected chi connectivity index (χ2v) is 5.84. The maximum absolute atomic E-state index is 13.1. The number of ether oxygens (including phenoxy) is 1. The molecule has 1 unspecified atom stereocenters. The molecule has 5 nitrogen and oxygen atoms in total. The molecule has 25 heavy (non-hydrogen) atoms. The summed E-state index contributed by atoms with van der Waals surface area (Å²) in [6.07, 6.45) is 5.15. The number of halogens is 1. The minimum atomic E-state index is -0.246. The van der Waals surface area contributed by atoms with Gasteiger partial charge in [-0.3, -0.25) is 4.98 Å². The Balaban J connectivity index is 1.56. The van der Waals surface area contributed by atoms with Gasteiger partial charge in [-0.1, -0.05) is 12.1 Å². The fourth-order valence-corrected chi connectivity index (χ4v) is 2.89. The van der Waals surface area contributed by atoms with E-state index in [4.69, 9.17) is 4.74 Å². The zero-order valence-electron chi connectivity index (χ0n) is 13.5.